The van der Waals surface area contributed by atoms with Gasteiger partial charge in [-0.25, -0.2) is 14.6 Å². The fraction of sp³-hybridized carbons (Fsp3) is 0.300. The van der Waals surface area contributed by atoms with Gasteiger partial charge in [0.25, 0.3) is 11.8 Å². The second kappa shape index (κ2) is 15.4. The largest absolute Gasteiger partial charge is 0.477 e. The molecule has 2 aliphatic heterocycles. The molecule has 7 rings (SSSR count). The minimum Gasteiger partial charge on any atom is -0.477 e. The number of carboxylic acids is 1. The molecule has 1 saturated heterocycles. The maximum absolute atomic E-state index is 14.2. The third-order valence-electron chi connectivity index (χ3n) is 9.36. The Morgan fingerprint density at radius 3 is 2.02 bits per heavy atom. The number of oxime groups is 1. The van der Waals surface area contributed by atoms with Gasteiger partial charge in [0.15, 0.2) is 10.8 Å². The van der Waals surface area contributed by atoms with E-state index >= 15 is 0 Å². The van der Waals surface area contributed by atoms with Crippen molar-refractivity contribution in [2.45, 2.75) is 61.8 Å². The number of nitrogens with zero attached hydrogens (tertiary/aromatic N) is 3. The lowest BCUT2D eigenvalue weighted by atomic mass is 9.77. The number of amides is 2. The minimum absolute atomic E-state index is 0.0483. The topological polar surface area (TPSA) is 160 Å². The summed E-state index contributed by atoms with van der Waals surface area (Å²) in [5.74, 6) is -2.69. The number of anilines is 1. The molecular formula is C40H38IN5O7S2. The van der Waals surface area contributed by atoms with Crippen LogP contribution in [0.15, 0.2) is 113 Å². The second-order valence-corrected chi connectivity index (χ2v) is 17.0. The van der Waals surface area contributed by atoms with Crippen LogP contribution in [0.4, 0.5) is 5.13 Å². The van der Waals surface area contributed by atoms with Crippen LogP contribution in [0.3, 0.4) is 0 Å². The van der Waals surface area contributed by atoms with Crippen LogP contribution in [0, 0.1) is 0 Å². The van der Waals surface area contributed by atoms with Gasteiger partial charge in [0.05, 0.1) is 0 Å². The molecule has 0 spiro atoms. The molecule has 0 radical (unpaired) electrons. The van der Waals surface area contributed by atoms with Crippen LogP contribution in [0.1, 0.15) is 56.0 Å². The summed E-state index contributed by atoms with van der Waals surface area (Å²) in [5.41, 5.74) is 0.292. The Kier molecular flexibility index (Phi) is 10.8. The average Bonchev–Trinajstić information content (AvgIpc) is 3.85. The first-order valence-corrected chi connectivity index (χ1v) is 21.0. The van der Waals surface area contributed by atoms with Gasteiger partial charge < -0.3 is 25.3 Å². The van der Waals surface area contributed by atoms with Crippen LogP contribution in [-0.2, 0) is 34.3 Å². The molecule has 55 heavy (non-hydrogen) atoms. The number of hydrogen-bond acceptors (Lipinski definition) is 11. The summed E-state index contributed by atoms with van der Waals surface area (Å²) in [4.78, 5) is 64.9. The van der Waals surface area contributed by atoms with Gasteiger partial charge in [-0.3, -0.25) is 14.5 Å². The van der Waals surface area contributed by atoms with Crippen LogP contribution in [0.2, 0.25) is 0 Å². The van der Waals surface area contributed by atoms with Gasteiger partial charge in [0.1, 0.15) is 33.9 Å². The first-order valence-electron chi connectivity index (χ1n) is 17.5. The van der Waals surface area contributed by atoms with Crippen molar-refractivity contribution in [1.29, 1.82) is 0 Å². The highest BCUT2D eigenvalue weighted by Gasteiger charge is 2.57. The number of nitrogens with one attached hydrogen (secondary N) is 2. The third kappa shape index (κ3) is 7.61. The highest BCUT2D eigenvalue weighted by Crippen LogP contribution is 2.44. The van der Waals surface area contributed by atoms with Gasteiger partial charge in [0.2, 0.25) is 5.60 Å². The molecule has 15 heteroatoms. The highest BCUT2D eigenvalue weighted by atomic mass is 127. The molecule has 4 aromatic rings. The first-order chi connectivity index (χ1) is 26.4. The van der Waals surface area contributed by atoms with Crippen molar-refractivity contribution in [2.75, 3.05) is 15.5 Å². The summed E-state index contributed by atoms with van der Waals surface area (Å²) in [7, 11) is 0. The second-order valence-electron chi connectivity index (χ2n) is 14.3. The van der Waals surface area contributed by atoms with Crippen molar-refractivity contribution >= 4 is 80.3 Å². The fourth-order valence-corrected chi connectivity index (χ4v) is 9.63. The number of thiazole rings is 1. The first kappa shape index (κ1) is 38.5. The molecule has 12 nitrogen and oxygen atoms in total. The van der Waals surface area contributed by atoms with E-state index in [1.807, 2.05) is 91.0 Å². The molecule has 3 heterocycles. The molecule has 1 unspecified atom stereocenters. The summed E-state index contributed by atoms with van der Waals surface area (Å²) in [6.45, 7) is 5.26. The minimum atomic E-state index is -1.36. The van der Waals surface area contributed by atoms with Gasteiger partial charge in [-0.05, 0) is 43.0 Å². The van der Waals surface area contributed by atoms with Crippen LogP contribution in [0.25, 0.3) is 0 Å². The number of β-lactam (4-membered cyclic amide) rings is 1. The van der Waals surface area contributed by atoms with Crippen LogP contribution < -0.4 is 10.6 Å². The van der Waals surface area contributed by atoms with E-state index in [-0.39, 0.29) is 17.1 Å². The molecule has 1 saturated carbocycles. The van der Waals surface area contributed by atoms with Crippen molar-refractivity contribution in [1.82, 2.24) is 15.2 Å². The Hall–Kier alpha value is -4.74. The highest BCUT2D eigenvalue weighted by molar-refractivity contribution is 14.1. The molecule has 2 amide bonds. The number of carbonyl (C=O) groups is 4. The van der Waals surface area contributed by atoms with E-state index < -0.39 is 51.9 Å². The number of hydrogen-bond donors (Lipinski definition) is 3. The Bertz CT molecular complexity index is 2070. The third-order valence-corrected chi connectivity index (χ3v) is 12.4. The number of benzene rings is 3. The lowest BCUT2D eigenvalue weighted by Gasteiger charge is -2.49. The lowest BCUT2D eigenvalue weighted by molar-refractivity contribution is -0.172. The number of esters is 1. The van der Waals surface area contributed by atoms with Crippen molar-refractivity contribution in [2.24, 2.45) is 5.16 Å². The Morgan fingerprint density at radius 1 is 0.964 bits per heavy atom. The van der Waals surface area contributed by atoms with Crippen molar-refractivity contribution in [3.05, 3.63) is 130 Å². The predicted molar refractivity (Wildman–Crippen MR) is 219 cm³/mol. The van der Waals surface area contributed by atoms with E-state index in [1.165, 1.54) is 28.0 Å². The van der Waals surface area contributed by atoms with Crippen molar-refractivity contribution in [3.63, 3.8) is 0 Å². The Balaban J connectivity index is 1.24. The zero-order chi connectivity index (χ0) is 39.0. The maximum atomic E-state index is 14.2. The molecule has 2 fully saturated rings. The summed E-state index contributed by atoms with van der Waals surface area (Å²) >= 11 is 4.71. The standard InChI is InChI=1S/C40H38IN5O7S2/c1-38(2,3)52-36(51)39(19-20-39)53-45-29(32(47)43-30-33(48)46-31(35(49)50)24(21-41)22-54-34(30)46)28-23-55-37(42-28)44-40(25-13-7-4-8-14-25,26-15-9-5-10-16-26)27-17-11-6-12-18-27/h4-18,23,30,34H,19-22H2,1-3H3,(H,42,44)(H,43,47)(H,49,50)/t30?,34-/m0/s1. The van der Waals surface area contributed by atoms with Gasteiger partial charge in [-0.15, -0.1) is 23.1 Å². The summed E-state index contributed by atoms with van der Waals surface area (Å²) in [6.07, 6.45) is 0.687. The smallest absolute Gasteiger partial charge is 0.353 e. The maximum Gasteiger partial charge on any atom is 0.353 e. The fourth-order valence-electron chi connectivity index (χ4n) is 6.53. The Morgan fingerprint density at radius 2 is 1.53 bits per heavy atom. The molecule has 3 aliphatic rings. The summed E-state index contributed by atoms with van der Waals surface area (Å²) < 4.78 is 6.05. The van der Waals surface area contributed by atoms with E-state index in [2.05, 4.69) is 38.4 Å². The Labute approximate surface area is 339 Å². The van der Waals surface area contributed by atoms with Gasteiger partial charge >= 0.3 is 11.9 Å². The van der Waals surface area contributed by atoms with Crippen LogP contribution in [0.5, 0.6) is 0 Å². The monoisotopic (exact) mass is 891 g/mol. The quantitative estimate of drug-likeness (QED) is 0.0264. The molecule has 1 aromatic heterocycles. The predicted octanol–water partition coefficient (Wildman–Crippen LogP) is 6.32. The van der Waals surface area contributed by atoms with Gasteiger partial charge in [-0.1, -0.05) is 119 Å². The van der Waals surface area contributed by atoms with Gasteiger partial charge in [-0.2, -0.15) is 0 Å². The molecule has 2 atom stereocenters. The van der Waals surface area contributed by atoms with E-state index in [1.54, 1.807) is 26.2 Å². The molecule has 284 valence electrons. The number of halogens is 1. The number of aromatic nitrogens is 1. The average molecular weight is 892 g/mol. The van der Waals surface area contributed by atoms with Crippen molar-refractivity contribution in [3.8, 4) is 0 Å². The number of carbonyl (C=O) groups excluding carboxylic acids is 3. The van der Waals surface area contributed by atoms with E-state index in [0.717, 1.165) is 16.7 Å². The number of carboxylic acid groups (broad SMARTS) is 1. The number of aliphatic carboxylic acids is 1. The van der Waals surface area contributed by atoms with Gasteiger partial charge in [0, 0.05) is 28.4 Å². The summed E-state index contributed by atoms with van der Waals surface area (Å²) in [5, 5.41) is 22.1. The lowest BCUT2D eigenvalue weighted by Crippen LogP contribution is -2.71. The number of thioether (sulfide) groups is 1. The molecule has 0 bridgehead atoms. The van der Waals surface area contributed by atoms with Crippen molar-refractivity contribution < 1.29 is 33.9 Å². The number of ether oxygens (including phenoxy) is 1. The number of rotatable bonds is 13. The number of alkyl halides is 1. The SMILES string of the molecule is CC(C)(C)OC(=O)C1(ON=C(C(=O)NC2C(=O)N3C(C(=O)O)=C(CI)CS[C@@H]23)c2csc(NC(c3ccccc3)(c3ccccc3)c3ccccc3)n2)CC1. The normalized spacial score (nSPS) is 19.2. The molecular weight excluding hydrogens is 854 g/mol. The zero-order valence-electron chi connectivity index (χ0n) is 30.2. The van der Waals surface area contributed by atoms with E-state index in [9.17, 15) is 24.3 Å². The van der Waals surface area contributed by atoms with E-state index in [0.29, 0.717) is 33.7 Å². The number of fused-ring (bicyclic) bond motifs is 1. The van der Waals surface area contributed by atoms with Crippen LogP contribution >= 0.6 is 45.7 Å². The molecule has 3 N–H and O–H groups in total. The molecule has 3 aromatic carbocycles. The van der Waals surface area contributed by atoms with E-state index in [4.69, 9.17) is 14.6 Å². The van der Waals surface area contributed by atoms with Crippen LogP contribution in [-0.4, -0.2) is 77.3 Å². The zero-order valence-corrected chi connectivity index (χ0v) is 33.9. The molecule has 1 aliphatic carbocycles. The summed E-state index contributed by atoms with van der Waals surface area (Å²) in [6, 6.07) is 28.9.